The van der Waals surface area contributed by atoms with Gasteiger partial charge < -0.3 is 5.32 Å². The molecule has 1 N–H and O–H groups in total. The fourth-order valence-electron chi connectivity index (χ4n) is 4.21. The molecule has 1 aliphatic rings. The van der Waals surface area contributed by atoms with Crippen molar-refractivity contribution in [1.29, 1.82) is 0 Å². The van der Waals surface area contributed by atoms with E-state index in [-0.39, 0.29) is 23.2 Å². The predicted molar refractivity (Wildman–Crippen MR) is 125 cm³/mol. The van der Waals surface area contributed by atoms with Crippen molar-refractivity contribution in [2.75, 3.05) is 13.1 Å². The summed E-state index contributed by atoms with van der Waals surface area (Å²) in [6.45, 7) is 4.23. The van der Waals surface area contributed by atoms with Crippen LogP contribution in [0.4, 0.5) is 4.39 Å². The van der Waals surface area contributed by atoms with E-state index in [1.165, 1.54) is 32.5 Å². The highest BCUT2D eigenvalue weighted by Gasteiger charge is 2.32. The van der Waals surface area contributed by atoms with Crippen LogP contribution in [0.2, 0.25) is 0 Å². The molecule has 0 aliphatic carbocycles. The topological polar surface area (TPSA) is 84.3 Å². The number of amides is 1. The molecule has 176 valence electrons. The summed E-state index contributed by atoms with van der Waals surface area (Å²) in [4.78, 5) is 14.1. The van der Waals surface area contributed by atoms with Crippen LogP contribution in [0.15, 0.2) is 46.7 Å². The lowest BCUT2D eigenvalue weighted by molar-refractivity contribution is -0.122. The second-order valence-electron chi connectivity index (χ2n) is 8.19. The van der Waals surface area contributed by atoms with Gasteiger partial charge >= 0.3 is 0 Å². The Morgan fingerprint density at radius 1 is 1.15 bits per heavy atom. The molecule has 3 aromatic rings. The van der Waals surface area contributed by atoms with Crippen molar-refractivity contribution in [3.63, 3.8) is 0 Å². The largest absolute Gasteiger partial charge is 0.343 e. The maximum atomic E-state index is 13.4. The Labute approximate surface area is 197 Å². The Hall–Kier alpha value is -2.56. The van der Waals surface area contributed by atoms with E-state index < -0.39 is 16.1 Å². The van der Waals surface area contributed by atoms with Gasteiger partial charge in [-0.1, -0.05) is 24.6 Å². The van der Waals surface area contributed by atoms with Crippen molar-refractivity contribution in [2.24, 2.45) is 0 Å². The summed E-state index contributed by atoms with van der Waals surface area (Å²) in [5.74, 6) is -0.662. The quantitative estimate of drug-likeness (QED) is 0.546. The highest BCUT2D eigenvalue weighted by molar-refractivity contribution is 7.89. The van der Waals surface area contributed by atoms with Crippen LogP contribution in [0.5, 0.6) is 0 Å². The van der Waals surface area contributed by atoms with Crippen LogP contribution in [0, 0.1) is 19.7 Å². The second-order valence-corrected chi connectivity index (χ2v) is 11.0. The molecule has 4 rings (SSSR count). The maximum absolute atomic E-state index is 13.4. The molecule has 33 heavy (non-hydrogen) atoms. The lowest BCUT2D eigenvalue weighted by atomic mass is 10.1. The van der Waals surface area contributed by atoms with Crippen LogP contribution < -0.4 is 5.32 Å². The molecule has 0 saturated carbocycles. The number of hydrogen-bond donors (Lipinski definition) is 1. The monoisotopic (exact) mass is 490 g/mol. The number of rotatable bonds is 7. The zero-order chi connectivity index (χ0) is 23.6. The normalized spacial score (nSPS) is 16.0. The Morgan fingerprint density at radius 3 is 2.48 bits per heavy atom. The minimum Gasteiger partial charge on any atom is -0.343 e. The van der Waals surface area contributed by atoms with E-state index in [2.05, 4.69) is 10.4 Å². The van der Waals surface area contributed by atoms with Crippen LogP contribution in [0.25, 0.3) is 0 Å². The molecule has 1 fully saturated rings. The van der Waals surface area contributed by atoms with Gasteiger partial charge in [-0.15, -0.1) is 11.3 Å². The average molecular weight is 491 g/mol. The number of thiophene rings is 1. The van der Waals surface area contributed by atoms with Crippen molar-refractivity contribution in [3.05, 3.63) is 69.4 Å². The number of sulfonamides is 1. The first-order valence-electron chi connectivity index (χ1n) is 10.9. The highest BCUT2D eigenvalue weighted by Crippen LogP contribution is 2.28. The average Bonchev–Trinajstić information content (AvgIpc) is 3.42. The van der Waals surface area contributed by atoms with Gasteiger partial charge in [0.1, 0.15) is 17.3 Å². The van der Waals surface area contributed by atoms with E-state index in [9.17, 15) is 17.6 Å². The maximum Gasteiger partial charge on any atom is 0.246 e. The van der Waals surface area contributed by atoms with Crippen molar-refractivity contribution in [3.8, 4) is 0 Å². The molecule has 7 nitrogen and oxygen atoms in total. The number of carbonyl (C=O) groups is 1. The van der Waals surface area contributed by atoms with Crippen molar-refractivity contribution < 1.29 is 17.6 Å². The van der Waals surface area contributed by atoms with Gasteiger partial charge in [0, 0.05) is 18.0 Å². The van der Waals surface area contributed by atoms with Gasteiger partial charge in [-0.25, -0.2) is 12.8 Å². The molecule has 0 spiro atoms. The van der Waals surface area contributed by atoms with Gasteiger partial charge in [-0.3, -0.25) is 9.48 Å². The number of carbonyl (C=O) groups excluding carboxylic acids is 1. The minimum absolute atomic E-state index is 0.120. The second kappa shape index (κ2) is 9.74. The summed E-state index contributed by atoms with van der Waals surface area (Å²) in [7, 11) is -3.66. The van der Waals surface area contributed by atoms with Gasteiger partial charge in [-0.05, 0) is 55.8 Å². The van der Waals surface area contributed by atoms with Crippen LogP contribution in [-0.4, -0.2) is 41.5 Å². The number of aryl methyl sites for hydroxylation is 1. The van der Waals surface area contributed by atoms with Crippen LogP contribution in [-0.2, 0) is 21.4 Å². The van der Waals surface area contributed by atoms with E-state index in [0.717, 1.165) is 29.7 Å². The van der Waals surface area contributed by atoms with Gasteiger partial charge in [0.2, 0.25) is 15.9 Å². The first kappa shape index (κ1) is 23.6. The van der Waals surface area contributed by atoms with E-state index in [0.29, 0.717) is 24.5 Å². The summed E-state index contributed by atoms with van der Waals surface area (Å²) in [6.07, 6.45) is 2.73. The SMILES string of the molecule is Cc1nn(CC(=O)N[C@H](c2ccc(F)cc2)c2cccs2)c(C)c1S(=O)(=O)N1CCCCC1. The van der Waals surface area contributed by atoms with Crippen molar-refractivity contribution >= 4 is 27.3 Å². The predicted octanol–water partition coefficient (Wildman–Crippen LogP) is 3.78. The third-order valence-corrected chi connectivity index (χ3v) is 8.95. The van der Waals surface area contributed by atoms with E-state index in [4.69, 9.17) is 0 Å². The summed E-state index contributed by atoms with van der Waals surface area (Å²) in [6, 6.07) is 9.38. The number of halogens is 1. The molecule has 3 heterocycles. The number of nitrogens with one attached hydrogen (secondary N) is 1. The fraction of sp³-hybridized carbons (Fsp3) is 0.391. The molecule has 0 unspecified atom stereocenters. The minimum atomic E-state index is -3.66. The fourth-order valence-corrected chi connectivity index (χ4v) is 6.91. The highest BCUT2D eigenvalue weighted by atomic mass is 32.2. The molecule has 1 atom stereocenters. The van der Waals surface area contributed by atoms with Crippen molar-refractivity contribution in [2.45, 2.75) is 50.6 Å². The van der Waals surface area contributed by atoms with E-state index >= 15 is 0 Å². The van der Waals surface area contributed by atoms with Gasteiger partial charge in [0.25, 0.3) is 0 Å². The van der Waals surface area contributed by atoms with Crippen molar-refractivity contribution in [1.82, 2.24) is 19.4 Å². The molecule has 10 heteroatoms. The zero-order valence-electron chi connectivity index (χ0n) is 18.6. The molecular weight excluding hydrogens is 463 g/mol. The van der Waals surface area contributed by atoms with Gasteiger partial charge in [-0.2, -0.15) is 9.40 Å². The lowest BCUT2D eigenvalue weighted by Gasteiger charge is -2.26. The molecule has 0 radical (unpaired) electrons. The first-order valence-corrected chi connectivity index (χ1v) is 13.2. The number of aromatic nitrogens is 2. The van der Waals surface area contributed by atoms with Crippen LogP contribution in [0.3, 0.4) is 0 Å². The number of nitrogens with zero attached hydrogens (tertiary/aromatic N) is 3. The smallest absolute Gasteiger partial charge is 0.246 e. The number of benzene rings is 1. The zero-order valence-corrected chi connectivity index (χ0v) is 20.3. The molecule has 1 saturated heterocycles. The number of piperidine rings is 1. The molecule has 2 aromatic heterocycles. The standard InChI is InChI=1S/C23H27FN4O3S2/c1-16-23(33(30,31)27-12-4-3-5-13-27)17(2)28(26-16)15-21(29)25-22(20-7-6-14-32-20)18-8-10-19(24)11-9-18/h6-11,14,22H,3-5,12-13,15H2,1-2H3,(H,25,29)/t22-/m1/s1. The van der Waals surface area contributed by atoms with Crippen LogP contribution in [0.1, 0.15) is 47.1 Å². The summed E-state index contributed by atoms with van der Waals surface area (Å²) < 4.78 is 42.8. The lowest BCUT2D eigenvalue weighted by Crippen LogP contribution is -2.36. The molecule has 1 aliphatic heterocycles. The Balaban J connectivity index is 1.55. The Morgan fingerprint density at radius 2 is 1.85 bits per heavy atom. The Kier molecular flexibility index (Phi) is 6.96. The summed E-state index contributed by atoms with van der Waals surface area (Å²) in [5, 5.41) is 9.27. The molecule has 0 bridgehead atoms. The third kappa shape index (κ3) is 5.02. The molecular formula is C23H27FN4O3S2. The van der Waals surface area contributed by atoms with Gasteiger partial charge in [0.15, 0.2) is 0 Å². The number of hydrogen-bond acceptors (Lipinski definition) is 5. The van der Waals surface area contributed by atoms with E-state index in [1.807, 2.05) is 17.5 Å². The Bertz CT molecular complexity index is 1220. The van der Waals surface area contributed by atoms with Crippen LogP contribution >= 0.6 is 11.3 Å². The molecule has 1 amide bonds. The first-order chi connectivity index (χ1) is 15.8. The van der Waals surface area contributed by atoms with Gasteiger partial charge in [0.05, 0.1) is 17.4 Å². The summed E-state index contributed by atoms with van der Waals surface area (Å²) in [5.41, 5.74) is 1.59. The third-order valence-electron chi connectivity index (χ3n) is 5.86. The van der Waals surface area contributed by atoms with E-state index in [1.54, 1.807) is 26.0 Å². The molecule has 1 aromatic carbocycles. The summed E-state index contributed by atoms with van der Waals surface area (Å²) >= 11 is 1.49.